The molecule has 0 saturated heterocycles. The Bertz CT molecular complexity index is 993. The fourth-order valence-corrected chi connectivity index (χ4v) is 2.70. The second-order valence-electron chi connectivity index (χ2n) is 5.91. The van der Waals surface area contributed by atoms with E-state index in [-0.39, 0.29) is 5.88 Å². The summed E-state index contributed by atoms with van der Waals surface area (Å²) in [6.45, 7) is 1.49. The van der Waals surface area contributed by atoms with Gasteiger partial charge in [0.15, 0.2) is 6.61 Å². The highest BCUT2D eigenvalue weighted by atomic mass is 79.9. The number of nitrogens with one attached hydrogen (secondary N) is 1. The van der Waals surface area contributed by atoms with Crippen molar-refractivity contribution in [1.29, 1.82) is 0 Å². The van der Waals surface area contributed by atoms with Gasteiger partial charge in [-0.3, -0.25) is 0 Å². The van der Waals surface area contributed by atoms with Crippen LogP contribution in [0, 0.1) is 6.92 Å². The Labute approximate surface area is 170 Å². The molecule has 2 N–H and O–H groups in total. The third-order valence-corrected chi connectivity index (χ3v) is 4.74. The number of aliphatic carboxylic acids is 1. The molecule has 144 valence electrons. The van der Waals surface area contributed by atoms with Crippen molar-refractivity contribution >= 4 is 33.5 Å². The Morgan fingerprint density at radius 3 is 2.54 bits per heavy atom. The van der Waals surface area contributed by atoms with E-state index in [4.69, 9.17) is 14.6 Å². The molecule has 3 rings (SSSR count). The molecule has 0 aliphatic rings. The summed E-state index contributed by atoms with van der Waals surface area (Å²) in [4.78, 5) is 19.6. The molecule has 2 aromatic carbocycles. The van der Waals surface area contributed by atoms with Crippen LogP contribution in [0.3, 0.4) is 0 Å². The summed E-state index contributed by atoms with van der Waals surface area (Å²) < 4.78 is 11.4. The highest BCUT2D eigenvalue weighted by Crippen LogP contribution is 2.27. The maximum Gasteiger partial charge on any atom is 0.341 e. The quantitative estimate of drug-likeness (QED) is 0.557. The largest absolute Gasteiger partial charge is 0.497 e. The molecule has 7 nitrogen and oxygen atoms in total. The molecule has 1 aromatic heterocycles. The molecule has 3 aromatic rings. The number of methoxy groups -OCH3 is 1. The minimum Gasteiger partial charge on any atom is -0.497 e. The van der Waals surface area contributed by atoms with Crippen molar-refractivity contribution in [3.63, 3.8) is 0 Å². The molecule has 28 heavy (non-hydrogen) atoms. The highest BCUT2D eigenvalue weighted by Gasteiger charge is 2.10. The Kier molecular flexibility index (Phi) is 6.10. The van der Waals surface area contributed by atoms with Gasteiger partial charge < -0.3 is 19.9 Å². The van der Waals surface area contributed by atoms with Crippen LogP contribution in [0.4, 0.5) is 11.6 Å². The van der Waals surface area contributed by atoms with E-state index >= 15 is 0 Å². The van der Waals surface area contributed by atoms with Crippen molar-refractivity contribution in [2.75, 3.05) is 19.0 Å². The fraction of sp³-hybridized carbons (Fsp3) is 0.150. The predicted octanol–water partition coefficient (Wildman–Crippen LogP) is 4.43. The van der Waals surface area contributed by atoms with E-state index < -0.39 is 12.6 Å². The molecule has 0 radical (unpaired) electrons. The lowest BCUT2D eigenvalue weighted by molar-refractivity contribution is -0.139. The molecule has 1 heterocycles. The number of aromatic nitrogens is 2. The third-order valence-electron chi connectivity index (χ3n) is 3.85. The van der Waals surface area contributed by atoms with E-state index in [0.717, 1.165) is 27.0 Å². The zero-order valence-electron chi connectivity index (χ0n) is 15.3. The number of benzene rings is 2. The zero-order chi connectivity index (χ0) is 20.1. The number of ether oxygens (including phenoxy) is 2. The van der Waals surface area contributed by atoms with Gasteiger partial charge in [0.05, 0.1) is 12.8 Å². The van der Waals surface area contributed by atoms with Gasteiger partial charge in [-0.15, -0.1) is 0 Å². The summed E-state index contributed by atoms with van der Waals surface area (Å²) in [6, 6.07) is 14.7. The smallest absolute Gasteiger partial charge is 0.341 e. The number of nitrogens with zero attached hydrogens (tertiary/aromatic N) is 2. The summed E-state index contributed by atoms with van der Waals surface area (Å²) >= 11 is 3.47. The van der Waals surface area contributed by atoms with Crippen molar-refractivity contribution in [3.05, 3.63) is 58.6 Å². The maximum absolute atomic E-state index is 10.8. The predicted molar refractivity (Wildman–Crippen MR) is 109 cm³/mol. The zero-order valence-corrected chi connectivity index (χ0v) is 16.9. The molecule has 0 aliphatic carbocycles. The molecule has 0 saturated carbocycles. The van der Waals surface area contributed by atoms with Crippen LogP contribution < -0.4 is 14.8 Å². The average molecular weight is 444 g/mol. The number of hydrogen-bond acceptors (Lipinski definition) is 6. The summed E-state index contributed by atoms with van der Waals surface area (Å²) in [5.41, 5.74) is 3.27. The fourth-order valence-electron chi connectivity index (χ4n) is 2.45. The lowest BCUT2D eigenvalue weighted by Crippen LogP contribution is -2.11. The van der Waals surface area contributed by atoms with Crippen LogP contribution in [0.5, 0.6) is 11.6 Å². The number of anilines is 2. The molecular weight excluding hydrogens is 426 g/mol. The normalized spacial score (nSPS) is 10.4. The van der Waals surface area contributed by atoms with E-state index in [9.17, 15) is 4.79 Å². The molecular formula is C20H18BrN3O4. The summed E-state index contributed by atoms with van der Waals surface area (Å²) in [6.07, 6.45) is 0. The van der Waals surface area contributed by atoms with Gasteiger partial charge in [0.25, 0.3) is 0 Å². The van der Waals surface area contributed by atoms with E-state index in [0.29, 0.717) is 11.6 Å². The average Bonchev–Trinajstić information content (AvgIpc) is 2.69. The van der Waals surface area contributed by atoms with E-state index in [1.54, 1.807) is 13.2 Å². The van der Waals surface area contributed by atoms with E-state index in [2.05, 4.69) is 31.2 Å². The first-order valence-electron chi connectivity index (χ1n) is 8.36. The van der Waals surface area contributed by atoms with Crippen LogP contribution in [-0.2, 0) is 4.79 Å². The number of carbonyl (C=O) groups is 1. The van der Waals surface area contributed by atoms with Gasteiger partial charge in [0.1, 0.15) is 5.75 Å². The first-order valence-corrected chi connectivity index (χ1v) is 9.15. The molecule has 0 atom stereocenters. The maximum atomic E-state index is 10.8. The van der Waals surface area contributed by atoms with Crippen LogP contribution in [0.2, 0.25) is 0 Å². The lowest BCUT2D eigenvalue weighted by atomic mass is 10.1. The first kappa shape index (κ1) is 19.6. The van der Waals surface area contributed by atoms with Crippen LogP contribution in [0.25, 0.3) is 11.3 Å². The number of halogens is 1. The number of rotatable bonds is 7. The van der Waals surface area contributed by atoms with Gasteiger partial charge in [0.2, 0.25) is 11.8 Å². The second kappa shape index (κ2) is 8.71. The van der Waals surface area contributed by atoms with Gasteiger partial charge in [-0.2, -0.15) is 4.98 Å². The lowest BCUT2D eigenvalue weighted by Gasteiger charge is -2.11. The Hall–Kier alpha value is -3.13. The van der Waals surface area contributed by atoms with Gasteiger partial charge in [-0.1, -0.05) is 15.9 Å². The number of hydrogen-bond donors (Lipinski definition) is 2. The first-order chi connectivity index (χ1) is 13.4. The molecule has 0 unspecified atom stereocenters. The Balaban J connectivity index is 1.95. The summed E-state index contributed by atoms with van der Waals surface area (Å²) in [5.74, 6) is 0.112. The minimum absolute atomic E-state index is 0.166. The van der Waals surface area contributed by atoms with Crippen molar-refractivity contribution in [2.24, 2.45) is 0 Å². The SMILES string of the molecule is COc1ccc(-c2cc(OCC(=O)O)nc(Nc3ccc(Br)c(C)c3)n2)cc1. The molecule has 0 bridgehead atoms. The van der Waals surface area contributed by atoms with Gasteiger partial charge >= 0.3 is 5.97 Å². The standard InChI is InChI=1S/C20H18BrN3O4/c1-12-9-14(5-8-16(12)21)22-20-23-17(10-18(24-20)28-11-19(25)26)13-3-6-15(27-2)7-4-13/h3-10H,11H2,1-2H3,(H,25,26)(H,22,23,24). The summed E-state index contributed by atoms with van der Waals surface area (Å²) in [7, 11) is 1.60. The topological polar surface area (TPSA) is 93.6 Å². The van der Waals surface area contributed by atoms with Crippen LogP contribution in [0.15, 0.2) is 53.0 Å². The van der Waals surface area contributed by atoms with E-state index in [1.165, 1.54) is 0 Å². The van der Waals surface area contributed by atoms with Crippen LogP contribution in [0.1, 0.15) is 5.56 Å². The van der Waals surface area contributed by atoms with Crippen molar-refractivity contribution < 1.29 is 19.4 Å². The molecule has 0 spiro atoms. The van der Waals surface area contributed by atoms with Crippen molar-refractivity contribution in [2.45, 2.75) is 6.92 Å². The van der Waals surface area contributed by atoms with Crippen molar-refractivity contribution in [1.82, 2.24) is 9.97 Å². The van der Waals surface area contributed by atoms with Crippen LogP contribution in [-0.4, -0.2) is 34.8 Å². The molecule has 0 fully saturated rings. The van der Waals surface area contributed by atoms with Gasteiger partial charge in [-0.25, -0.2) is 9.78 Å². The van der Waals surface area contributed by atoms with Crippen LogP contribution >= 0.6 is 15.9 Å². The molecule has 0 amide bonds. The number of carboxylic acid groups (broad SMARTS) is 1. The second-order valence-corrected chi connectivity index (χ2v) is 6.77. The number of aryl methyl sites for hydroxylation is 1. The monoisotopic (exact) mass is 443 g/mol. The number of carboxylic acids is 1. The van der Waals surface area contributed by atoms with E-state index in [1.807, 2.05) is 49.4 Å². The minimum atomic E-state index is -1.08. The Morgan fingerprint density at radius 2 is 1.89 bits per heavy atom. The summed E-state index contributed by atoms with van der Waals surface area (Å²) in [5, 5.41) is 12.0. The highest BCUT2D eigenvalue weighted by molar-refractivity contribution is 9.10. The molecule has 8 heteroatoms. The molecule has 0 aliphatic heterocycles. The third kappa shape index (κ3) is 4.98. The van der Waals surface area contributed by atoms with Gasteiger partial charge in [-0.05, 0) is 55.0 Å². The van der Waals surface area contributed by atoms with Gasteiger partial charge in [0, 0.05) is 21.8 Å². The Morgan fingerprint density at radius 1 is 1.14 bits per heavy atom. The van der Waals surface area contributed by atoms with Crippen molar-refractivity contribution in [3.8, 4) is 22.9 Å².